The first-order valence-corrected chi connectivity index (χ1v) is 5.87. The minimum atomic E-state index is -0.0468. The minimum Gasteiger partial charge on any atom is -0.392 e. The highest BCUT2D eigenvalue weighted by Crippen LogP contribution is 2.19. The first kappa shape index (κ1) is 11.2. The van der Waals surface area contributed by atoms with Crippen LogP contribution in [0.3, 0.4) is 0 Å². The highest BCUT2D eigenvalue weighted by atomic mass is 35.5. The Hall–Kier alpha value is -1.91. The smallest absolute Gasteiger partial charge is 0.115 e. The summed E-state index contributed by atoms with van der Waals surface area (Å²) in [7, 11) is 0. The molecule has 0 spiro atoms. The quantitative estimate of drug-likeness (QED) is 0.770. The van der Waals surface area contributed by atoms with Crippen molar-refractivity contribution < 1.29 is 5.11 Å². The molecule has 1 N–H and O–H groups in total. The molecule has 0 aliphatic heterocycles. The SMILES string of the molecule is OCc1ccccc1-n1nc2ccc(Cl)cc2n1. The highest BCUT2D eigenvalue weighted by molar-refractivity contribution is 6.31. The van der Waals surface area contributed by atoms with Gasteiger partial charge in [0.25, 0.3) is 0 Å². The number of aliphatic hydroxyl groups excluding tert-OH is 1. The fourth-order valence-corrected chi connectivity index (χ4v) is 2.00. The van der Waals surface area contributed by atoms with Crippen LogP contribution in [0.2, 0.25) is 5.02 Å². The van der Waals surface area contributed by atoms with Gasteiger partial charge in [-0.3, -0.25) is 0 Å². The number of fused-ring (bicyclic) bond motifs is 1. The average Bonchev–Trinajstić information content (AvgIpc) is 2.81. The summed E-state index contributed by atoms with van der Waals surface area (Å²) in [4.78, 5) is 1.52. The Balaban J connectivity index is 2.19. The van der Waals surface area contributed by atoms with Gasteiger partial charge in [0.15, 0.2) is 0 Å². The summed E-state index contributed by atoms with van der Waals surface area (Å²) in [5.74, 6) is 0. The summed E-state index contributed by atoms with van der Waals surface area (Å²) in [5.41, 5.74) is 3.05. The maximum Gasteiger partial charge on any atom is 0.115 e. The third-order valence-corrected chi connectivity index (χ3v) is 2.95. The number of nitrogens with zero attached hydrogens (tertiary/aromatic N) is 3. The number of aliphatic hydroxyl groups is 1. The summed E-state index contributed by atoms with van der Waals surface area (Å²) >= 11 is 5.92. The second-order valence-corrected chi connectivity index (χ2v) is 4.35. The van der Waals surface area contributed by atoms with Crippen molar-refractivity contribution in [2.75, 3.05) is 0 Å². The van der Waals surface area contributed by atoms with Crippen LogP contribution < -0.4 is 0 Å². The van der Waals surface area contributed by atoms with Gasteiger partial charge in [-0.2, -0.15) is 4.80 Å². The summed E-state index contributed by atoms with van der Waals surface area (Å²) in [6.07, 6.45) is 0. The average molecular weight is 260 g/mol. The molecule has 5 heteroatoms. The summed E-state index contributed by atoms with van der Waals surface area (Å²) in [6, 6.07) is 12.8. The van der Waals surface area contributed by atoms with Crippen LogP contribution in [0.4, 0.5) is 0 Å². The van der Waals surface area contributed by atoms with Crippen molar-refractivity contribution in [2.45, 2.75) is 6.61 Å². The molecule has 0 radical (unpaired) electrons. The van der Waals surface area contributed by atoms with Crippen LogP contribution in [0.15, 0.2) is 42.5 Å². The minimum absolute atomic E-state index is 0.0468. The number of hydrogen-bond acceptors (Lipinski definition) is 3. The van der Waals surface area contributed by atoms with Gasteiger partial charge >= 0.3 is 0 Å². The molecule has 18 heavy (non-hydrogen) atoms. The number of rotatable bonds is 2. The van der Waals surface area contributed by atoms with Gasteiger partial charge in [0.05, 0.1) is 12.3 Å². The summed E-state index contributed by atoms with van der Waals surface area (Å²) < 4.78 is 0. The van der Waals surface area contributed by atoms with E-state index in [2.05, 4.69) is 10.2 Å². The fourth-order valence-electron chi connectivity index (χ4n) is 1.84. The Kier molecular flexibility index (Phi) is 2.74. The lowest BCUT2D eigenvalue weighted by Crippen LogP contribution is -2.02. The summed E-state index contributed by atoms with van der Waals surface area (Å²) in [5, 5.41) is 18.7. The number of benzene rings is 2. The molecule has 0 atom stereocenters. The predicted octanol–water partition coefficient (Wildman–Crippen LogP) is 2.57. The topological polar surface area (TPSA) is 50.9 Å². The van der Waals surface area contributed by atoms with E-state index >= 15 is 0 Å². The zero-order chi connectivity index (χ0) is 12.5. The van der Waals surface area contributed by atoms with Gasteiger partial charge < -0.3 is 5.11 Å². The van der Waals surface area contributed by atoms with Crippen LogP contribution in [0, 0.1) is 0 Å². The molecule has 0 saturated carbocycles. The molecule has 90 valence electrons. The van der Waals surface area contributed by atoms with Crippen molar-refractivity contribution in [2.24, 2.45) is 0 Å². The van der Waals surface area contributed by atoms with Gasteiger partial charge in [-0.25, -0.2) is 0 Å². The molecule has 4 nitrogen and oxygen atoms in total. The Labute approximate surface area is 108 Å². The monoisotopic (exact) mass is 259 g/mol. The zero-order valence-corrected chi connectivity index (χ0v) is 10.2. The first-order chi connectivity index (χ1) is 8.78. The molecular weight excluding hydrogens is 250 g/mol. The Morgan fingerprint density at radius 2 is 1.83 bits per heavy atom. The van der Waals surface area contributed by atoms with Crippen LogP contribution in [0.25, 0.3) is 16.7 Å². The maximum absolute atomic E-state index is 9.31. The molecule has 1 heterocycles. The summed E-state index contributed by atoms with van der Waals surface area (Å²) in [6.45, 7) is -0.0468. The first-order valence-electron chi connectivity index (χ1n) is 5.49. The lowest BCUT2D eigenvalue weighted by atomic mass is 10.2. The zero-order valence-electron chi connectivity index (χ0n) is 9.42. The molecule has 3 rings (SSSR count). The number of hydrogen-bond donors (Lipinski definition) is 1. The third-order valence-electron chi connectivity index (χ3n) is 2.72. The van der Waals surface area contributed by atoms with E-state index in [-0.39, 0.29) is 6.61 Å². The predicted molar refractivity (Wildman–Crippen MR) is 69.8 cm³/mol. The van der Waals surface area contributed by atoms with Crippen LogP contribution in [0.5, 0.6) is 0 Å². The number of aromatic nitrogens is 3. The van der Waals surface area contributed by atoms with Crippen molar-refractivity contribution in [1.82, 2.24) is 15.0 Å². The lowest BCUT2D eigenvalue weighted by Gasteiger charge is -2.04. The van der Waals surface area contributed by atoms with Crippen LogP contribution in [0.1, 0.15) is 5.56 Å². The van der Waals surface area contributed by atoms with E-state index in [9.17, 15) is 5.11 Å². The van der Waals surface area contributed by atoms with Gasteiger partial charge in [0.2, 0.25) is 0 Å². The number of para-hydroxylation sites is 1. The molecule has 0 bridgehead atoms. The van der Waals surface area contributed by atoms with E-state index in [1.54, 1.807) is 12.1 Å². The highest BCUT2D eigenvalue weighted by Gasteiger charge is 2.08. The maximum atomic E-state index is 9.31. The molecule has 0 fully saturated rings. The van der Waals surface area contributed by atoms with Crippen LogP contribution >= 0.6 is 11.6 Å². The van der Waals surface area contributed by atoms with Gasteiger partial charge in [-0.15, -0.1) is 10.2 Å². The van der Waals surface area contributed by atoms with E-state index in [0.717, 1.165) is 22.3 Å². The molecule has 0 aliphatic rings. The standard InChI is InChI=1S/C13H10ClN3O/c14-10-5-6-11-12(7-10)16-17(15-11)13-4-2-1-3-9(13)8-18/h1-7,18H,8H2. The largest absolute Gasteiger partial charge is 0.392 e. The van der Waals surface area contributed by atoms with Crippen molar-refractivity contribution in [3.8, 4) is 5.69 Å². The second kappa shape index (κ2) is 4.40. The normalized spacial score (nSPS) is 11.0. The van der Waals surface area contributed by atoms with E-state index in [4.69, 9.17) is 11.6 Å². The van der Waals surface area contributed by atoms with Crippen LogP contribution in [-0.2, 0) is 6.61 Å². The van der Waals surface area contributed by atoms with Crippen molar-refractivity contribution in [3.05, 3.63) is 53.1 Å². The third kappa shape index (κ3) is 1.85. The molecule has 1 aromatic heterocycles. The molecular formula is C13H10ClN3O. The van der Waals surface area contributed by atoms with Gasteiger partial charge in [0, 0.05) is 10.6 Å². The molecule has 2 aromatic carbocycles. The fraction of sp³-hybridized carbons (Fsp3) is 0.0769. The van der Waals surface area contributed by atoms with Crippen LogP contribution in [-0.4, -0.2) is 20.1 Å². The van der Waals surface area contributed by atoms with Gasteiger partial charge in [-0.05, 0) is 24.3 Å². The Bertz CT molecular complexity index is 708. The van der Waals surface area contributed by atoms with Crippen molar-refractivity contribution in [3.63, 3.8) is 0 Å². The molecule has 0 amide bonds. The number of halogens is 1. The van der Waals surface area contributed by atoms with E-state index in [1.807, 2.05) is 30.3 Å². The Morgan fingerprint density at radius 3 is 2.67 bits per heavy atom. The molecule has 3 aromatic rings. The van der Waals surface area contributed by atoms with Crippen molar-refractivity contribution >= 4 is 22.6 Å². The molecule has 0 saturated heterocycles. The van der Waals surface area contributed by atoms with Gasteiger partial charge in [0.1, 0.15) is 11.0 Å². The van der Waals surface area contributed by atoms with E-state index < -0.39 is 0 Å². The van der Waals surface area contributed by atoms with Gasteiger partial charge in [-0.1, -0.05) is 29.8 Å². The van der Waals surface area contributed by atoms with E-state index in [0.29, 0.717) is 5.02 Å². The second-order valence-electron chi connectivity index (χ2n) is 3.91. The molecule has 0 unspecified atom stereocenters. The van der Waals surface area contributed by atoms with E-state index in [1.165, 1.54) is 4.80 Å². The molecule has 0 aliphatic carbocycles. The Morgan fingerprint density at radius 1 is 1.06 bits per heavy atom. The lowest BCUT2D eigenvalue weighted by molar-refractivity contribution is 0.281. The van der Waals surface area contributed by atoms with Crippen molar-refractivity contribution in [1.29, 1.82) is 0 Å².